The van der Waals surface area contributed by atoms with Gasteiger partial charge >= 0.3 is 0 Å². The van der Waals surface area contributed by atoms with Crippen molar-refractivity contribution < 1.29 is 8.78 Å². The van der Waals surface area contributed by atoms with Crippen molar-refractivity contribution in [2.45, 2.75) is 24.8 Å². The third-order valence-electron chi connectivity index (χ3n) is 3.26. The summed E-state index contributed by atoms with van der Waals surface area (Å²) in [6, 6.07) is 8.60. The first kappa shape index (κ1) is 12.5. The maximum absolute atomic E-state index is 13.9. The molecule has 94 valence electrons. The van der Waals surface area contributed by atoms with Gasteiger partial charge in [0.2, 0.25) is 0 Å². The molecule has 1 aliphatic heterocycles. The minimum absolute atomic E-state index is 0.244. The molecule has 0 radical (unpaired) electrons. The zero-order valence-corrected chi connectivity index (χ0v) is 9.73. The van der Waals surface area contributed by atoms with Gasteiger partial charge in [-0.05, 0) is 18.5 Å². The van der Waals surface area contributed by atoms with E-state index >= 15 is 0 Å². The molecule has 0 saturated carbocycles. The number of alkyl halides is 2. The Bertz CT molecular complexity index is 345. The van der Waals surface area contributed by atoms with Gasteiger partial charge in [0.25, 0.3) is 0 Å². The largest absolute Gasteiger partial charge is 0.325 e. The van der Waals surface area contributed by atoms with E-state index in [0.29, 0.717) is 18.5 Å². The fourth-order valence-corrected chi connectivity index (χ4v) is 2.15. The van der Waals surface area contributed by atoms with Crippen molar-refractivity contribution in [2.75, 3.05) is 19.6 Å². The Kier molecular flexibility index (Phi) is 4.07. The molecule has 4 heteroatoms. The van der Waals surface area contributed by atoms with Crippen LogP contribution >= 0.6 is 0 Å². The SMILES string of the molecule is N[C@H]1CCN(CC(F)c2ccccc2)C[C@@H]1F. The minimum Gasteiger partial charge on any atom is -0.325 e. The molecule has 2 rings (SSSR count). The Hall–Kier alpha value is -1.00. The summed E-state index contributed by atoms with van der Waals surface area (Å²) in [5, 5.41) is 0. The number of hydrogen-bond donors (Lipinski definition) is 1. The number of hydrogen-bond acceptors (Lipinski definition) is 2. The molecule has 17 heavy (non-hydrogen) atoms. The summed E-state index contributed by atoms with van der Waals surface area (Å²) in [6.45, 7) is 1.17. The average molecular weight is 240 g/mol. The monoisotopic (exact) mass is 240 g/mol. The lowest BCUT2D eigenvalue weighted by Crippen LogP contribution is -2.49. The van der Waals surface area contributed by atoms with Gasteiger partial charge in [-0.15, -0.1) is 0 Å². The molecule has 0 bridgehead atoms. The first-order valence-electron chi connectivity index (χ1n) is 5.98. The molecule has 0 amide bonds. The Labute approximate surface area is 100 Å². The van der Waals surface area contributed by atoms with E-state index in [1.54, 1.807) is 12.1 Å². The normalized spacial score (nSPS) is 27.9. The first-order chi connectivity index (χ1) is 8.16. The Morgan fingerprint density at radius 3 is 2.71 bits per heavy atom. The molecule has 2 N–H and O–H groups in total. The number of piperidine rings is 1. The van der Waals surface area contributed by atoms with Crippen LogP contribution in [-0.4, -0.2) is 36.7 Å². The summed E-state index contributed by atoms with van der Waals surface area (Å²) in [5.74, 6) is 0. The van der Waals surface area contributed by atoms with E-state index in [1.165, 1.54) is 0 Å². The van der Waals surface area contributed by atoms with Crippen LogP contribution in [0.25, 0.3) is 0 Å². The summed E-state index contributed by atoms with van der Waals surface area (Å²) in [7, 11) is 0. The lowest BCUT2D eigenvalue weighted by molar-refractivity contribution is 0.0954. The van der Waals surface area contributed by atoms with Crippen molar-refractivity contribution in [3.8, 4) is 0 Å². The van der Waals surface area contributed by atoms with Crippen LogP contribution in [0.5, 0.6) is 0 Å². The predicted molar refractivity (Wildman–Crippen MR) is 64.2 cm³/mol. The van der Waals surface area contributed by atoms with Crippen LogP contribution in [0, 0.1) is 0 Å². The quantitative estimate of drug-likeness (QED) is 0.876. The van der Waals surface area contributed by atoms with Gasteiger partial charge in [-0.25, -0.2) is 8.78 Å². The third-order valence-corrected chi connectivity index (χ3v) is 3.26. The summed E-state index contributed by atoms with van der Waals surface area (Å²) in [4.78, 5) is 1.81. The maximum atomic E-state index is 13.9. The standard InChI is InChI=1S/C13H18F2N2/c14-11(10-4-2-1-3-5-10)8-17-7-6-13(16)12(15)9-17/h1-5,11-13H,6-9,16H2/t11?,12-,13-/m0/s1. The van der Waals surface area contributed by atoms with Crippen LogP contribution in [0.4, 0.5) is 8.78 Å². The van der Waals surface area contributed by atoms with E-state index < -0.39 is 12.3 Å². The maximum Gasteiger partial charge on any atom is 0.138 e. The Morgan fingerprint density at radius 1 is 1.35 bits per heavy atom. The van der Waals surface area contributed by atoms with Crippen molar-refractivity contribution in [2.24, 2.45) is 5.73 Å². The third kappa shape index (κ3) is 3.23. The highest BCUT2D eigenvalue weighted by molar-refractivity contribution is 5.17. The first-order valence-corrected chi connectivity index (χ1v) is 5.98. The number of rotatable bonds is 3. The van der Waals surface area contributed by atoms with Crippen LogP contribution in [0.1, 0.15) is 18.2 Å². The van der Waals surface area contributed by atoms with Gasteiger partial charge in [0.05, 0.1) is 0 Å². The second kappa shape index (κ2) is 5.56. The molecule has 1 aromatic carbocycles. The molecular weight excluding hydrogens is 222 g/mol. The molecule has 1 saturated heterocycles. The van der Waals surface area contributed by atoms with Crippen molar-refractivity contribution in [3.63, 3.8) is 0 Å². The summed E-state index contributed by atoms with van der Waals surface area (Å²) in [6.07, 6.45) is -1.49. The van der Waals surface area contributed by atoms with Gasteiger partial charge in [-0.2, -0.15) is 0 Å². The van der Waals surface area contributed by atoms with E-state index in [1.807, 2.05) is 23.1 Å². The smallest absolute Gasteiger partial charge is 0.138 e. The Morgan fingerprint density at radius 2 is 2.06 bits per heavy atom. The van der Waals surface area contributed by atoms with E-state index in [9.17, 15) is 8.78 Å². The molecule has 0 spiro atoms. The lowest BCUT2D eigenvalue weighted by Gasteiger charge is -2.33. The molecule has 0 aliphatic carbocycles. The second-order valence-electron chi connectivity index (χ2n) is 4.61. The second-order valence-corrected chi connectivity index (χ2v) is 4.61. The minimum atomic E-state index is -1.06. The van der Waals surface area contributed by atoms with Crippen LogP contribution in [0.15, 0.2) is 30.3 Å². The van der Waals surface area contributed by atoms with E-state index in [2.05, 4.69) is 0 Å². The number of nitrogens with zero attached hydrogens (tertiary/aromatic N) is 1. The summed E-state index contributed by atoms with van der Waals surface area (Å²) in [5.41, 5.74) is 6.24. The van der Waals surface area contributed by atoms with Crippen LogP contribution in [0.3, 0.4) is 0 Å². The van der Waals surface area contributed by atoms with Crippen LogP contribution in [-0.2, 0) is 0 Å². The van der Waals surface area contributed by atoms with E-state index in [0.717, 1.165) is 0 Å². The van der Waals surface area contributed by atoms with Crippen LogP contribution < -0.4 is 5.73 Å². The number of halogens is 2. The highest BCUT2D eigenvalue weighted by atomic mass is 19.1. The molecule has 1 fully saturated rings. The van der Waals surface area contributed by atoms with Gasteiger partial charge in [0, 0.05) is 19.1 Å². The number of nitrogens with two attached hydrogens (primary N) is 1. The predicted octanol–water partition coefficient (Wildman–Crippen LogP) is 2.07. The number of likely N-dealkylation sites (tertiary alicyclic amines) is 1. The highest BCUT2D eigenvalue weighted by Crippen LogP contribution is 2.21. The molecule has 1 heterocycles. The molecular formula is C13H18F2N2. The zero-order valence-electron chi connectivity index (χ0n) is 9.73. The molecule has 2 nitrogen and oxygen atoms in total. The van der Waals surface area contributed by atoms with Gasteiger partial charge in [-0.3, -0.25) is 4.90 Å². The molecule has 1 aromatic rings. The van der Waals surface area contributed by atoms with Gasteiger partial charge in [0.1, 0.15) is 12.3 Å². The summed E-state index contributed by atoms with van der Waals surface area (Å²) >= 11 is 0. The van der Waals surface area contributed by atoms with Crippen molar-refractivity contribution in [1.29, 1.82) is 0 Å². The fraction of sp³-hybridized carbons (Fsp3) is 0.538. The highest BCUT2D eigenvalue weighted by Gasteiger charge is 2.27. The van der Waals surface area contributed by atoms with Gasteiger partial charge < -0.3 is 5.73 Å². The molecule has 1 unspecified atom stereocenters. The Balaban J connectivity index is 1.89. The number of benzene rings is 1. The van der Waals surface area contributed by atoms with Gasteiger partial charge in [-0.1, -0.05) is 30.3 Å². The summed E-state index contributed by atoms with van der Waals surface area (Å²) < 4.78 is 27.3. The molecule has 0 aromatic heterocycles. The van der Waals surface area contributed by atoms with Crippen molar-refractivity contribution in [3.05, 3.63) is 35.9 Å². The fourth-order valence-electron chi connectivity index (χ4n) is 2.15. The van der Waals surface area contributed by atoms with Crippen molar-refractivity contribution >= 4 is 0 Å². The molecule has 1 aliphatic rings. The van der Waals surface area contributed by atoms with Crippen molar-refractivity contribution in [1.82, 2.24) is 4.90 Å². The zero-order chi connectivity index (χ0) is 12.3. The lowest BCUT2D eigenvalue weighted by atomic mass is 10.0. The van der Waals surface area contributed by atoms with Gasteiger partial charge in [0.15, 0.2) is 0 Å². The van der Waals surface area contributed by atoms with E-state index in [4.69, 9.17) is 5.73 Å². The van der Waals surface area contributed by atoms with Crippen LogP contribution in [0.2, 0.25) is 0 Å². The topological polar surface area (TPSA) is 29.3 Å². The van der Waals surface area contributed by atoms with E-state index in [-0.39, 0.29) is 19.1 Å². The average Bonchev–Trinajstić information content (AvgIpc) is 2.35. The molecule has 3 atom stereocenters.